The van der Waals surface area contributed by atoms with Crippen molar-refractivity contribution in [3.8, 4) is 5.75 Å². The molecule has 0 aliphatic rings. The van der Waals surface area contributed by atoms with Crippen molar-refractivity contribution < 1.29 is 9.84 Å². The molecule has 0 aromatic heterocycles. The van der Waals surface area contributed by atoms with E-state index in [1.807, 2.05) is 25.1 Å². The summed E-state index contributed by atoms with van der Waals surface area (Å²) in [6.45, 7) is 5.40. The molecule has 0 fully saturated rings. The number of aliphatic hydroxyl groups is 1. The summed E-state index contributed by atoms with van der Waals surface area (Å²) in [7, 11) is 0. The van der Waals surface area contributed by atoms with E-state index in [-0.39, 0.29) is 6.10 Å². The van der Waals surface area contributed by atoms with Crippen LogP contribution in [0.15, 0.2) is 18.2 Å². The molecule has 0 aliphatic carbocycles. The Balaban J connectivity index is 2.54. The molecule has 0 saturated heterocycles. The van der Waals surface area contributed by atoms with E-state index >= 15 is 0 Å². The molecule has 1 aromatic rings. The molecule has 102 valence electrons. The van der Waals surface area contributed by atoms with Gasteiger partial charge >= 0.3 is 0 Å². The smallest absolute Gasteiger partial charge is 0.144 e. The van der Waals surface area contributed by atoms with Gasteiger partial charge in [0.15, 0.2) is 0 Å². The molecule has 1 rings (SSSR count). The fourth-order valence-corrected chi connectivity index (χ4v) is 1.61. The zero-order chi connectivity index (χ0) is 13.4. The van der Waals surface area contributed by atoms with Gasteiger partial charge in [0, 0.05) is 6.54 Å². The van der Waals surface area contributed by atoms with E-state index in [9.17, 15) is 5.11 Å². The molecule has 0 aliphatic heterocycles. The number of ether oxygens (including phenoxy) is 1. The number of anilines is 2. The van der Waals surface area contributed by atoms with Gasteiger partial charge in [0.25, 0.3) is 0 Å². The van der Waals surface area contributed by atoms with Gasteiger partial charge in [-0.05, 0) is 31.4 Å². The van der Waals surface area contributed by atoms with Crippen molar-refractivity contribution >= 4 is 11.4 Å². The first kappa shape index (κ1) is 14.6. The van der Waals surface area contributed by atoms with E-state index in [0.717, 1.165) is 30.7 Å². The standard InChI is InChI=1S/C14H24N2O2/c1-3-10-18-13-7-5-6-12(14(13)15)16-9-8-11(17)4-2/h5-7,11,16-17H,3-4,8-10,15H2,1-2H3. The van der Waals surface area contributed by atoms with Gasteiger partial charge in [-0.1, -0.05) is 19.9 Å². The summed E-state index contributed by atoms with van der Waals surface area (Å²) in [5.74, 6) is 0.720. The highest BCUT2D eigenvalue weighted by atomic mass is 16.5. The summed E-state index contributed by atoms with van der Waals surface area (Å²) >= 11 is 0. The minimum Gasteiger partial charge on any atom is -0.491 e. The summed E-state index contributed by atoms with van der Waals surface area (Å²) < 4.78 is 5.56. The van der Waals surface area contributed by atoms with Gasteiger partial charge in [0.2, 0.25) is 0 Å². The molecule has 0 saturated carbocycles. The molecule has 0 heterocycles. The van der Waals surface area contributed by atoms with E-state index in [2.05, 4.69) is 12.2 Å². The fourth-order valence-electron chi connectivity index (χ4n) is 1.61. The van der Waals surface area contributed by atoms with Gasteiger partial charge in [-0.25, -0.2) is 0 Å². The quantitative estimate of drug-likeness (QED) is 0.622. The second-order valence-electron chi connectivity index (χ2n) is 4.34. The lowest BCUT2D eigenvalue weighted by molar-refractivity contribution is 0.164. The van der Waals surface area contributed by atoms with Gasteiger partial charge in [0.1, 0.15) is 5.75 Å². The topological polar surface area (TPSA) is 67.5 Å². The van der Waals surface area contributed by atoms with Crippen LogP contribution in [0.1, 0.15) is 33.1 Å². The van der Waals surface area contributed by atoms with Crippen LogP contribution < -0.4 is 15.8 Å². The minimum atomic E-state index is -0.252. The molecule has 4 heteroatoms. The maximum atomic E-state index is 9.48. The van der Waals surface area contributed by atoms with Crippen molar-refractivity contribution in [2.45, 2.75) is 39.2 Å². The van der Waals surface area contributed by atoms with Crippen LogP contribution in [0.4, 0.5) is 11.4 Å². The van der Waals surface area contributed by atoms with Crippen molar-refractivity contribution in [1.29, 1.82) is 0 Å². The summed E-state index contributed by atoms with van der Waals surface area (Å²) in [5, 5.41) is 12.7. The predicted octanol–water partition coefficient (Wildman–Crippen LogP) is 2.63. The third kappa shape index (κ3) is 4.45. The maximum absolute atomic E-state index is 9.48. The first-order chi connectivity index (χ1) is 8.69. The number of nitrogen functional groups attached to an aromatic ring is 1. The van der Waals surface area contributed by atoms with Crippen molar-refractivity contribution in [1.82, 2.24) is 0 Å². The largest absolute Gasteiger partial charge is 0.491 e. The number of nitrogens with one attached hydrogen (secondary N) is 1. The molecule has 1 unspecified atom stereocenters. The number of aliphatic hydroxyl groups excluding tert-OH is 1. The third-order valence-corrected chi connectivity index (χ3v) is 2.79. The van der Waals surface area contributed by atoms with Gasteiger partial charge in [-0.2, -0.15) is 0 Å². The average molecular weight is 252 g/mol. The second-order valence-corrected chi connectivity index (χ2v) is 4.34. The highest BCUT2D eigenvalue weighted by Gasteiger charge is 2.06. The molecule has 1 aromatic carbocycles. The SMILES string of the molecule is CCCOc1cccc(NCCC(O)CC)c1N. The van der Waals surface area contributed by atoms with Crippen molar-refractivity contribution in [3.63, 3.8) is 0 Å². The van der Waals surface area contributed by atoms with Gasteiger partial charge < -0.3 is 20.9 Å². The molecule has 0 amide bonds. The van der Waals surface area contributed by atoms with Crippen molar-refractivity contribution in [2.75, 3.05) is 24.2 Å². The number of hydrogen-bond donors (Lipinski definition) is 3. The van der Waals surface area contributed by atoms with Crippen LogP contribution in [-0.4, -0.2) is 24.4 Å². The maximum Gasteiger partial charge on any atom is 0.144 e. The summed E-state index contributed by atoms with van der Waals surface area (Å²) in [5.41, 5.74) is 7.53. The van der Waals surface area contributed by atoms with Gasteiger partial charge in [-0.15, -0.1) is 0 Å². The second kappa shape index (κ2) is 7.82. The lowest BCUT2D eigenvalue weighted by Gasteiger charge is -2.14. The van der Waals surface area contributed by atoms with Crippen molar-refractivity contribution in [2.24, 2.45) is 0 Å². The highest BCUT2D eigenvalue weighted by molar-refractivity contribution is 5.72. The molecule has 0 spiro atoms. The molecular weight excluding hydrogens is 228 g/mol. The lowest BCUT2D eigenvalue weighted by atomic mass is 10.2. The Hall–Kier alpha value is -1.42. The van der Waals surface area contributed by atoms with E-state index in [4.69, 9.17) is 10.5 Å². The minimum absolute atomic E-state index is 0.252. The fraction of sp³-hybridized carbons (Fsp3) is 0.571. The molecule has 1 atom stereocenters. The Morgan fingerprint density at radius 1 is 1.39 bits per heavy atom. The van der Waals surface area contributed by atoms with Gasteiger partial charge in [0.05, 0.1) is 24.1 Å². The zero-order valence-corrected chi connectivity index (χ0v) is 11.3. The Bertz CT molecular complexity index is 356. The van der Waals surface area contributed by atoms with Crippen LogP contribution in [0, 0.1) is 0 Å². The normalized spacial score (nSPS) is 12.2. The molecular formula is C14H24N2O2. The summed E-state index contributed by atoms with van der Waals surface area (Å²) in [6, 6.07) is 5.71. The van der Waals surface area contributed by atoms with Crippen LogP contribution in [0.2, 0.25) is 0 Å². The Morgan fingerprint density at radius 2 is 2.17 bits per heavy atom. The van der Waals surface area contributed by atoms with Gasteiger partial charge in [-0.3, -0.25) is 0 Å². The van der Waals surface area contributed by atoms with E-state index in [1.165, 1.54) is 0 Å². The van der Waals surface area contributed by atoms with E-state index in [0.29, 0.717) is 18.8 Å². The average Bonchev–Trinajstić information content (AvgIpc) is 2.39. The highest BCUT2D eigenvalue weighted by Crippen LogP contribution is 2.29. The van der Waals surface area contributed by atoms with Crippen molar-refractivity contribution in [3.05, 3.63) is 18.2 Å². The zero-order valence-electron chi connectivity index (χ0n) is 11.3. The van der Waals surface area contributed by atoms with E-state index < -0.39 is 0 Å². The predicted molar refractivity (Wildman–Crippen MR) is 76.0 cm³/mol. The molecule has 18 heavy (non-hydrogen) atoms. The monoisotopic (exact) mass is 252 g/mol. The number of benzene rings is 1. The number of para-hydroxylation sites is 1. The molecule has 0 bridgehead atoms. The van der Waals surface area contributed by atoms with Crippen LogP contribution in [0.3, 0.4) is 0 Å². The number of nitrogens with two attached hydrogens (primary N) is 1. The van der Waals surface area contributed by atoms with Crippen LogP contribution >= 0.6 is 0 Å². The van der Waals surface area contributed by atoms with Crippen LogP contribution in [0.5, 0.6) is 5.75 Å². The molecule has 4 nitrogen and oxygen atoms in total. The first-order valence-electron chi connectivity index (χ1n) is 6.62. The summed E-state index contributed by atoms with van der Waals surface area (Å²) in [6.07, 6.45) is 2.20. The molecule has 4 N–H and O–H groups in total. The number of hydrogen-bond acceptors (Lipinski definition) is 4. The van der Waals surface area contributed by atoms with E-state index in [1.54, 1.807) is 0 Å². The Morgan fingerprint density at radius 3 is 2.83 bits per heavy atom. The Kier molecular flexibility index (Phi) is 6.36. The van der Waals surface area contributed by atoms with Crippen LogP contribution in [-0.2, 0) is 0 Å². The number of rotatable bonds is 8. The summed E-state index contributed by atoms with van der Waals surface area (Å²) in [4.78, 5) is 0. The third-order valence-electron chi connectivity index (χ3n) is 2.79. The molecule has 0 radical (unpaired) electrons. The lowest BCUT2D eigenvalue weighted by Crippen LogP contribution is -2.13. The Labute approximate surface area is 109 Å². The first-order valence-corrected chi connectivity index (χ1v) is 6.62. The van der Waals surface area contributed by atoms with Crippen LogP contribution in [0.25, 0.3) is 0 Å².